The number of ether oxygens (including phenoxy) is 1. The summed E-state index contributed by atoms with van der Waals surface area (Å²) in [5.74, 6) is -3.73. The highest BCUT2D eigenvalue weighted by Crippen LogP contribution is 2.48. The maximum Gasteiger partial charge on any atom is 0.306 e. The Hall–Kier alpha value is -3.14. The zero-order valence-corrected chi connectivity index (χ0v) is 21.5. The second-order valence-electron chi connectivity index (χ2n) is 10.0. The molecule has 0 saturated heterocycles. The molecular weight excluding hydrogens is 490 g/mol. The molecule has 1 saturated carbocycles. The second kappa shape index (κ2) is 9.72. The maximum absolute atomic E-state index is 14.8. The predicted octanol–water partition coefficient (Wildman–Crippen LogP) is 4.20. The molecule has 1 aliphatic carbocycles. The highest BCUT2D eigenvalue weighted by molar-refractivity contribution is 8.32. The number of hydrogen-bond donors (Lipinski definition) is 2. The molecule has 194 valence electrons. The van der Waals surface area contributed by atoms with Crippen LogP contribution in [0.2, 0.25) is 0 Å². The fraction of sp³-hybridized carbons (Fsp3) is 0.423. The molecule has 2 aliphatic rings. The zero-order chi connectivity index (χ0) is 26.4. The van der Waals surface area contributed by atoms with E-state index >= 15 is 0 Å². The van der Waals surface area contributed by atoms with E-state index in [-0.39, 0.29) is 35.9 Å². The molecule has 1 fully saturated rings. The molecule has 2 aromatic carbocycles. The summed E-state index contributed by atoms with van der Waals surface area (Å²) in [6, 6.07) is 6.38. The number of anilines is 1. The lowest BCUT2D eigenvalue weighted by Crippen LogP contribution is -2.50. The van der Waals surface area contributed by atoms with Crippen molar-refractivity contribution < 1.29 is 33.0 Å². The number of carbonyl (C=O) groups excluding carboxylic acids is 2. The number of rotatable bonds is 6. The molecule has 1 atom stereocenters. The van der Waals surface area contributed by atoms with Crippen molar-refractivity contribution in [2.24, 2.45) is 11.8 Å². The molecular formula is C26H30F2N2O5S. The van der Waals surface area contributed by atoms with Crippen molar-refractivity contribution in [1.82, 2.24) is 4.90 Å². The lowest BCUT2D eigenvalue weighted by atomic mass is 9.73. The van der Waals surface area contributed by atoms with Gasteiger partial charge in [-0.15, -0.1) is 0 Å². The van der Waals surface area contributed by atoms with E-state index in [0.29, 0.717) is 17.7 Å². The van der Waals surface area contributed by atoms with Crippen molar-refractivity contribution in [3.8, 4) is 5.75 Å². The minimum absolute atomic E-state index is 0.00498. The van der Waals surface area contributed by atoms with Gasteiger partial charge in [0.2, 0.25) is 5.91 Å². The monoisotopic (exact) mass is 520 g/mol. The summed E-state index contributed by atoms with van der Waals surface area (Å²) >= 11 is 0. The minimum atomic E-state index is -1.68. The summed E-state index contributed by atoms with van der Waals surface area (Å²) in [6.45, 7) is 0.250. The second-order valence-corrected chi connectivity index (χ2v) is 14.1. The first kappa shape index (κ1) is 25.9. The van der Waals surface area contributed by atoms with E-state index in [4.69, 9.17) is 4.74 Å². The van der Waals surface area contributed by atoms with Crippen LogP contribution in [0.25, 0.3) is 0 Å². The molecule has 2 aromatic rings. The van der Waals surface area contributed by atoms with E-state index in [1.165, 1.54) is 12.0 Å². The van der Waals surface area contributed by atoms with Gasteiger partial charge in [-0.3, -0.25) is 14.4 Å². The zero-order valence-electron chi connectivity index (χ0n) is 20.6. The summed E-state index contributed by atoms with van der Waals surface area (Å²) in [6.07, 6.45) is 6.27. The summed E-state index contributed by atoms with van der Waals surface area (Å²) < 4.78 is 34.9. The molecule has 0 bridgehead atoms. The Bertz CT molecular complexity index is 1200. The fourth-order valence-electron chi connectivity index (χ4n) is 4.93. The van der Waals surface area contributed by atoms with Gasteiger partial charge < -0.3 is 20.1 Å². The van der Waals surface area contributed by atoms with Crippen LogP contribution in [0, 0.1) is 23.5 Å². The highest BCUT2D eigenvalue weighted by atomic mass is 32.3. The van der Waals surface area contributed by atoms with Crippen molar-refractivity contribution >= 4 is 33.5 Å². The number of nitrogens with zero attached hydrogens (tertiary/aromatic N) is 1. The SMILES string of the molecule is COc1ccc2c(c1)CCN(C(=O)[C@H]1C[C@@H](C(=O)O)C1)C2C(=O)Nc1cc(F)c(S(C)(C)C)c(F)c1. The smallest absolute Gasteiger partial charge is 0.306 e. The lowest BCUT2D eigenvalue weighted by molar-refractivity contribution is -0.154. The number of nitrogens with one attached hydrogen (secondary N) is 1. The van der Waals surface area contributed by atoms with Crippen LogP contribution in [0.15, 0.2) is 35.2 Å². The molecule has 36 heavy (non-hydrogen) atoms. The van der Waals surface area contributed by atoms with Crippen LogP contribution >= 0.6 is 10.0 Å². The van der Waals surface area contributed by atoms with E-state index in [2.05, 4.69) is 5.32 Å². The molecule has 2 N–H and O–H groups in total. The Balaban J connectivity index is 1.65. The Morgan fingerprint density at radius 2 is 1.69 bits per heavy atom. The van der Waals surface area contributed by atoms with Gasteiger partial charge in [-0.25, -0.2) is 18.8 Å². The third-order valence-corrected chi connectivity index (χ3v) is 8.44. The molecule has 2 amide bonds. The first-order valence-electron chi connectivity index (χ1n) is 11.6. The Morgan fingerprint density at radius 3 is 2.25 bits per heavy atom. The average Bonchev–Trinajstić information content (AvgIpc) is 2.74. The van der Waals surface area contributed by atoms with Gasteiger partial charge >= 0.3 is 5.97 Å². The molecule has 4 rings (SSSR count). The third-order valence-electron chi connectivity index (χ3n) is 6.82. The maximum atomic E-state index is 14.8. The van der Waals surface area contributed by atoms with E-state index in [1.807, 2.05) is 6.07 Å². The van der Waals surface area contributed by atoms with E-state index in [0.717, 1.165) is 17.7 Å². The summed E-state index contributed by atoms with van der Waals surface area (Å²) in [4.78, 5) is 39.5. The number of carbonyl (C=O) groups is 3. The molecule has 0 radical (unpaired) electrons. The molecule has 0 spiro atoms. The Morgan fingerprint density at radius 1 is 1.06 bits per heavy atom. The molecule has 1 unspecified atom stereocenters. The van der Waals surface area contributed by atoms with Crippen LogP contribution in [0.4, 0.5) is 14.5 Å². The molecule has 0 aromatic heterocycles. The third kappa shape index (κ3) is 4.91. The van der Waals surface area contributed by atoms with Crippen LogP contribution in [-0.4, -0.2) is 60.2 Å². The number of carboxylic acid groups (broad SMARTS) is 1. The lowest BCUT2D eigenvalue weighted by Gasteiger charge is -2.41. The van der Waals surface area contributed by atoms with Crippen LogP contribution < -0.4 is 10.1 Å². The molecule has 10 heteroatoms. The average molecular weight is 521 g/mol. The van der Waals surface area contributed by atoms with E-state index < -0.39 is 51.4 Å². The summed E-state index contributed by atoms with van der Waals surface area (Å²) in [5.41, 5.74) is 1.39. The van der Waals surface area contributed by atoms with Crippen molar-refractivity contribution in [1.29, 1.82) is 0 Å². The summed E-state index contributed by atoms with van der Waals surface area (Å²) in [7, 11) is -0.149. The van der Waals surface area contributed by atoms with Gasteiger partial charge in [-0.05, 0) is 73.4 Å². The first-order chi connectivity index (χ1) is 16.9. The number of hydrogen-bond acceptors (Lipinski definition) is 4. The van der Waals surface area contributed by atoms with Crippen molar-refractivity contribution in [2.75, 3.05) is 37.7 Å². The molecule has 7 nitrogen and oxygen atoms in total. The minimum Gasteiger partial charge on any atom is -0.497 e. The number of methoxy groups -OCH3 is 1. The van der Waals surface area contributed by atoms with Crippen LogP contribution in [-0.2, 0) is 20.8 Å². The van der Waals surface area contributed by atoms with Crippen LogP contribution in [0.1, 0.15) is 30.0 Å². The van der Waals surface area contributed by atoms with Gasteiger partial charge in [-0.2, -0.15) is 0 Å². The van der Waals surface area contributed by atoms with Crippen molar-refractivity contribution in [3.05, 3.63) is 53.1 Å². The number of benzene rings is 2. The quantitative estimate of drug-likeness (QED) is 0.595. The fourth-order valence-corrected chi connectivity index (χ4v) is 6.22. The van der Waals surface area contributed by atoms with Crippen molar-refractivity contribution in [3.63, 3.8) is 0 Å². The molecule has 1 heterocycles. The topological polar surface area (TPSA) is 95.9 Å². The largest absolute Gasteiger partial charge is 0.497 e. The van der Waals surface area contributed by atoms with Gasteiger partial charge in [0.15, 0.2) is 0 Å². The van der Waals surface area contributed by atoms with Gasteiger partial charge in [0.1, 0.15) is 23.4 Å². The number of aliphatic carboxylic acids is 1. The number of halogens is 2. The van der Waals surface area contributed by atoms with Gasteiger partial charge in [-0.1, -0.05) is 6.07 Å². The van der Waals surface area contributed by atoms with Gasteiger partial charge in [0.05, 0.1) is 17.9 Å². The first-order valence-corrected chi connectivity index (χ1v) is 14.4. The number of fused-ring (bicyclic) bond motifs is 1. The van der Waals surface area contributed by atoms with Crippen molar-refractivity contribution in [2.45, 2.75) is 30.2 Å². The molecule has 1 aliphatic heterocycles. The Kier molecular flexibility index (Phi) is 7.01. The number of carboxylic acids is 1. The number of amides is 2. The van der Waals surface area contributed by atoms with E-state index in [9.17, 15) is 28.3 Å². The predicted molar refractivity (Wildman–Crippen MR) is 134 cm³/mol. The standard InChI is InChI=1S/C26H30F2N2O5S/c1-35-18-5-6-19-14(11-18)7-8-30(25(32)15-9-16(10-15)26(33)34)22(19)24(31)29-17-12-20(27)23(21(28)13-17)36(2,3)4/h5-6,11-13,15-16,22H,7-10H2,1-4H3,(H,29,31)(H,33,34)/t15-,16+,22?. The highest BCUT2D eigenvalue weighted by Gasteiger charge is 2.45. The van der Waals surface area contributed by atoms with E-state index in [1.54, 1.807) is 30.9 Å². The Labute approximate surface area is 210 Å². The van der Waals surface area contributed by atoms with Gasteiger partial charge in [0.25, 0.3) is 5.91 Å². The van der Waals surface area contributed by atoms with Crippen LogP contribution in [0.5, 0.6) is 5.75 Å². The summed E-state index contributed by atoms with van der Waals surface area (Å²) in [5, 5.41) is 11.8. The normalized spacial score (nSPS) is 21.7. The van der Waals surface area contributed by atoms with Crippen LogP contribution in [0.3, 0.4) is 0 Å². The van der Waals surface area contributed by atoms with Gasteiger partial charge in [0, 0.05) is 18.2 Å².